The van der Waals surface area contributed by atoms with Gasteiger partial charge in [0.2, 0.25) is 5.91 Å². The molecule has 0 radical (unpaired) electrons. The van der Waals surface area contributed by atoms with E-state index in [0.29, 0.717) is 18.1 Å². The summed E-state index contributed by atoms with van der Waals surface area (Å²) in [6.45, 7) is 4.78. The van der Waals surface area contributed by atoms with E-state index in [1.165, 1.54) is 0 Å². The number of fused-ring (bicyclic) bond motifs is 5. The number of carbonyl (C=O) groups is 2. The number of hydrogen-bond acceptors (Lipinski definition) is 2. The van der Waals surface area contributed by atoms with Gasteiger partial charge in [0.25, 0.3) is 5.91 Å². The summed E-state index contributed by atoms with van der Waals surface area (Å²) >= 11 is 6.65. The van der Waals surface area contributed by atoms with Gasteiger partial charge >= 0.3 is 0 Å². The second-order valence-electron chi connectivity index (χ2n) is 9.76. The largest absolute Gasteiger partial charge is 0.356 e. The van der Waals surface area contributed by atoms with Crippen molar-refractivity contribution in [2.24, 2.45) is 0 Å². The van der Waals surface area contributed by atoms with Crippen molar-refractivity contribution in [2.75, 3.05) is 13.1 Å². The Kier molecular flexibility index (Phi) is 5.01. The van der Waals surface area contributed by atoms with Crippen LogP contribution in [0.5, 0.6) is 0 Å². The van der Waals surface area contributed by atoms with Crippen LogP contribution in [0.2, 0.25) is 5.02 Å². The molecule has 1 N–H and O–H groups in total. The van der Waals surface area contributed by atoms with Gasteiger partial charge in [-0.05, 0) is 42.7 Å². The molecular weight excluding hydrogens is 458 g/mol. The van der Waals surface area contributed by atoms with E-state index in [2.05, 4.69) is 11.1 Å². The summed E-state index contributed by atoms with van der Waals surface area (Å²) in [4.78, 5) is 34.7. The number of aromatic nitrogens is 1. The van der Waals surface area contributed by atoms with Crippen LogP contribution in [-0.2, 0) is 21.7 Å². The van der Waals surface area contributed by atoms with E-state index in [-0.39, 0.29) is 24.3 Å². The molecule has 4 aromatic rings. The number of hydrogen-bond donors (Lipinski definition) is 1. The van der Waals surface area contributed by atoms with Gasteiger partial charge in [-0.2, -0.15) is 0 Å². The molecule has 0 saturated carbocycles. The quantitative estimate of drug-likeness (QED) is 0.426. The minimum Gasteiger partial charge on any atom is -0.356 e. The summed E-state index contributed by atoms with van der Waals surface area (Å²) in [7, 11) is 0. The standard InChI is InChI=1S/C29H26ClN3O2/c1-18-11-13-19(14-12-18)15-32-17-25(34)33-16-22(20-7-3-5-9-23(20)30)26-21-8-4-6-10-24(21)31-27(26)29(33,2)28(32)35/h3-14,22,31H,15-17H2,1-2H3. The molecule has 2 aliphatic rings. The zero-order valence-corrected chi connectivity index (χ0v) is 20.5. The number of nitrogens with one attached hydrogen (secondary N) is 1. The fraction of sp³-hybridized carbons (Fsp3) is 0.241. The Labute approximate surface area is 209 Å². The Morgan fingerprint density at radius 3 is 2.49 bits per heavy atom. The highest BCUT2D eigenvalue weighted by molar-refractivity contribution is 6.31. The van der Waals surface area contributed by atoms with Gasteiger partial charge in [-0.15, -0.1) is 0 Å². The Bertz CT molecular complexity index is 1480. The lowest BCUT2D eigenvalue weighted by Crippen LogP contribution is -2.67. The predicted octanol–water partition coefficient (Wildman–Crippen LogP) is 5.36. The monoisotopic (exact) mass is 483 g/mol. The van der Waals surface area contributed by atoms with Crippen molar-refractivity contribution in [3.63, 3.8) is 0 Å². The number of piperazine rings is 1. The highest BCUT2D eigenvalue weighted by Crippen LogP contribution is 2.49. The van der Waals surface area contributed by atoms with E-state index in [0.717, 1.165) is 38.9 Å². The maximum atomic E-state index is 14.1. The maximum Gasteiger partial charge on any atom is 0.255 e. The van der Waals surface area contributed by atoms with Gasteiger partial charge in [0, 0.05) is 34.9 Å². The third kappa shape index (κ3) is 3.29. The Morgan fingerprint density at radius 1 is 1.00 bits per heavy atom. The Morgan fingerprint density at radius 2 is 1.71 bits per heavy atom. The second kappa shape index (κ2) is 7.99. The fourth-order valence-corrected chi connectivity index (χ4v) is 6.02. The minimum atomic E-state index is -1.12. The normalized spacial score (nSPS) is 21.9. The number of amides is 2. The molecule has 2 aliphatic heterocycles. The van der Waals surface area contributed by atoms with Gasteiger partial charge in [0.05, 0.1) is 5.69 Å². The average molecular weight is 484 g/mol. The van der Waals surface area contributed by atoms with Crippen LogP contribution >= 0.6 is 11.6 Å². The summed E-state index contributed by atoms with van der Waals surface area (Å²) in [5.74, 6) is -0.257. The number of aromatic amines is 1. The van der Waals surface area contributed by atoms with E-state index >= 15 is 0 Å². The summed E-state index contributed by atoms with van der Waals surface area (Å²) in [6, 6.07) is 24.0. The molecule has 176 valence electrons. The van der Waals surface area contributed by atoms with Crippen molar-refractivity contribution < 1.29 is 9.59 Å². The predicted molar refractivity (Wildman–Crippen MR) is 137 cm³/mol. The number of H-pyrrole nitrogens is 1. The Hall–Kier alpha value is -3.57. The third-order valence-electron chi connectivity index (χ3n) is 7.59. The number of benzene rings is 3. The van der Waals surface area contributed by atoms with Gasteiger partial charge in [0.1, 0.15) is 6.54 Å². The lowest BCUT2D eigenvalue weighted by molar-refractivity contribution is -0.166. The molecule has 1 fully saturated rings. The van der Waals surface area contributed by atoms with Gasteiger partial charge in [-0.25, -0.2) is 0 Å². The lowest BCUT2D eigenvalue weighted by atomic mass is 9.76. The van der Waals surface area contributed by atoms with Gasteiger partial charge in [-0.3, -0.25) is 9.59 Å². The molecule has 5 nitrogen and oxygen atoms in total. The first-order valence-electron chi connectivity index (χ1n) is 11.9. The molecule has 0 aliphatic carbocycles. The summed E-state index contributed by atoms with van der Waals surface area (Å²) in [5, 5.41) is 1.72. The molecule has 3 aromatic carbocycles. The molecule has 35 heavy (non-hydrogen) atoms. The van der Waals surface area contributed by atoms with Crippen LogP contribution in [0.3, 0.4) is 0 Å². The molecule has 2 amide bonds. The Balaban J connectivity index is 1.51. The van der Waals surface area contributed by atoms with E-state index in [1.54, 1.807) is 9.80 Å². The molecule has 6 rings (SSSR count). The van der Waals surface area contributed by atoms with Crippen LogP contribution in [0.25, 0.3) is 10.9 Å². The first-order valence-corrected chi connectivity index (χ1v) is 12.3. The zero-order valence-electron chi connectivity index (χ0n) is 19.7. The first-order chi connectivity index (χ1) is 16.9. The zero-order chi connectivity index (χ0) is 24.3. The van der Waals surface area contributed by atoms with Crippen LogP contribution < -0.4 is 0 Å². The van der Waals surface area contributed by atoms with Crippen LogP contribution in [0.1, 0.15) is 40.8 Å². The van der Waals surface area contributed by atoms with Crippen LogP contribution in [0, 0.1) is 6.92 Å². The molecule has 0 spiro atoms. The van der Waals surface area contributed by atoms with E-state index in [9.17, 15) is 9.59 Å². The average Bonchev–Trinajstić information content (AvgIpc) is 3.25. The summed E-state index contributed by atoms with van der Waals surface area (Å²) in [6.07, 6.45) is 0. The molecule has 1 saturated heterocycles. The topological polar surface area (TPSA) is 56.4 Å². The number of aryl methyl sites for hydroxylation is 1. The highest BCUT2D eigenvalue weighted by Gasteiger charge is 2.56. The molecule has 6 heteroatoms. The highest BCUT2D eigenvalue weighted by atomic mass is 35.5. The van der Waals surface area contributed by atoms with Crippen molar-refractivity contribution in [2.45, 2.75) is 31.8 Å². The van der Waals surface area contributed by atoms with Gasteiger partial charge in [0.15, 0.2) is 5.54 Å². The van der Waals surface area contributed by atoms with Crippen LogP contribution in [-0.4, -0.2) is 39.7 Å². The smallest absolute Gasteiger partial charge is 0.255 e. The van der Waals surface area contributed by atoms with Gasteiger partial charge in [-0.1, -0.05) is 77.8 Å². The molecular formula is C29H26ClN3O2. The van der Waals surface area contributed by atoms with Crippen molar-refractivity contribution in [1.29, 1.82) is 0 Å². The van der Waals surface area contributed by atoms with E-state index < -0.39 is 5.54 Å². The van der Waals surface area contributed by atoms with E-state index in [4.69, 9.17) is 11.6 Å². The van der Waals surface area contributed by atoms with Crippen molar-refractivity contribution in [1.82, 2.24) is 14.8 Å². The summed E-state index contributed by atoms with van der Waals surface area (Å²) < 4.78 is 0. The van der Waals surface area contributed by atoms with Crippen molar-refractivity contribution in [3.8, 4) is 0 Å². The number of nitrogens with zero attached hydrogens (tertiary/aromatic N) is 2. The number of carbonyl (C=O) groups excluding carboxylic acids is 2. The number of halogens is 1. The summed E-state index contributed by atoms with van der Waals surface area (Å²) in [5.41, 5.74) is 4.79. The number of rotatable bonds is 3. The maximum absolute atomic E-state index is 14.1. The minimum absolute atomic E-state index is 0.0550. The number of para-hydroxylation sites is 1. The molecule has 2 unspecified atom stereocenters. The van der Waals surface area contributed by atoms with Crippen LogP contribution in [0.4, 0.5) is 0 Å². The first kappa shape index (κ1) is 21.9. The van der Waals surface area contributed by atoms with E-state index in [1.807, 2.05) is 80.6 Å². The van der Waals surface area contributed by atoms with Crippen molar-refractivity contribution >= 4 is 34.3 Å². The molecule has 1 aromatic heterocycles. The SMILES string of the molecule is Cc1ccc(CN2CC(=O)N3CC(c4ccccc4Cl)c4c([nH]c5ccccc45)C3(C)C2=O)cc1. The molecule has 3 heterocycles. The second-order valence-corrected chi connectivity index (χ2v) is 10.2. The lowest BCUT2D eigenvalue weighted by Gasteiger charge is -2.51. The molecule has 0 bridgehead atoms. The van der Waals surface area contributed by atoms with Crippen molar-refractivity contribution in [3.05, 3.63) is 106 Å². The third-order valence-corrected chi connectivity index (χ3v) is 7.94. The fourth-order valence-electron chi connectivity index (χ4n) is 5.76. The van der Waals surface area contributed by atoms with Gasteiger partial charge < -0.3 is 14.8 Å². The molecule has 2 atom stereocenters. The van der Waals surface area contributed by atoms with Crippen LogP contribution in [0.15, 0.2) is 72.8 Å².